The molecule has 2 nitrogen and oxygen atoms in total. The van der Waals surface area contributed by atoms with E-state index in [0.29, 0.717) is 0 Å². The van der Waals surface area contributed by atoms with Crippen molar-refractivity contribution >= 4 is 41.1 Å². The summed E-state index contributed by atoms with van der Waals surface area (Å²) in [5.41, 5.74) is 0.870. The summed E-state index contributed by atoms with van der Waals surface area (Å²) < 4.78 is 0.722. The molecule has 1 heterocycles. The zero-order valence-corrected chi connectivity index (χ0v) is 11.9. The molecule has 0 aromatic carbocycles. The molecule has 5 heteroatoms. The maximum atomic E-state index is 12.2. The van der Waals surface area contributed by atoms with Crippen LogP contribution < -0.4 is 0 Å². The maximum Gasteiger partial charge on any atom is 0.180 e. The molecule has 0 saturated carbocycles. The maximum absolute atomic E-state index is 12.2. The van der Waals surface area contributed by atoms with Gasteiger partial charge in [0.25, 0.3) is 0 Å². The molecule has 0 bridgehead atoms. The Hall–Kier alpha value is -0.0900. The van der Waals surface area contributed by atoms with Crippen LogP contribution in [0, 0.1) is 5.41 Å². The standard InChI is InChI=1S/C11H14ClNOS.ClH/c1-11(6-13(2)3)5-7-4-8(12)15-9(7)10(11)14;/h4H,5-6H2,1-3H3;1H. The third-order valence-electron chi connectivity index (χ3n) is 2.78. The smallest absolute Gasteiger partial charge is 0.180 e. The van der Waals surface area contributed by atoms with Crippen LogP contribution in [0.1, 0.15) is 22.2 Å². The van der Waals surface area contributed by atoms with Crippen molar-refractivity contribution in [3.63, 3.8) is 0 Å². The van der Waals surface area contributed by atoms with Gasteiger partial charge in [0.1, 0.15) is 0 Å². The molecule has 0 N–H and O–H groups in total. The lowest BCUT2D eigenvalue weighted by Crippen LogP contribution is -2.36. The number of thiophene rings is 1. The van der Waals surface area contributed by atoms with Gasteiger partial charge in [-0.05, 0) is 32.1 Å². The fourth-order valence-corrected chi connectivity index (χ4v) is 3.68. The second-order valence-electron chi connectivity index (χ2n) is 4.71. The van der Waals surface area contributed by atoms with E-state index in [1.54, 1.807) is 0 Å². The third kappa shape index (κ3) is 2.28. The molecular weight excluding hydrogens is 265 g/mol. The highest BCUT2D eigenvalue weighted by Crippen LogP contribution is 2.42. The van der Waals surface area contributed by atoms with Gasteiger partial charge in [0.05, 0.1) is 9.21 Å². The van der Waals surface area contributed by atoms with Crippen molar-refractivity contribution in [3.05, 3.63) is 20.8 Å². The van der Waals surface area contributed by atoms with Crippen molar-refractivity contribution in [1.29, 1.82) is 0 Å². The van der Waals surface area contributed by atoms with Gasteiger partial charge in [0.2, 0.25) is 0 Å². The van der Waals surface area contributed by atoms with Gasteiger partial charge in [0, 0.05) is 12.0 Å². The fourth-order valence-electron chi connectivity index (χ4n) is 2.32. The minimum Gasteiger partial charge on any atom is -0.308 e. The van der Waals surface area contributed by atoms with E-state index in [2.05, 4.69) is 4.90 Å². The first-order valence-electron chi connectivity index (χ1n) is 4.90. The fraction of sp³-hybridized carbons (Fsp3) is 0.545. The Bertz CT molecular complexity index is 416. The van der Waals surface area contributed by atoms with E-state index in [0.717, 1.165) is 27.7 Å². The van der Waals surface area contributed by atoms with E-state index < -0.39 is 0 Å². The van der Waals surface area contributed by atoms with E-state index in [1.165, 1.54) is 11.3 Å². The summed E-state index contributed by atoms with van der Waals surface area (Å²) in [5, 5.41) is 0. The second-order valence-corrected chi connectivity index (χ2v) is 6.39. The van der Waals surface area contributed by atoms with Gasteiger partial charge in [0.15, 0.2) is 5.78 Å². The molecule has 2 rings (SSSR count). The molecule has 1 aromatic heterocycles. The molecule has 1 atom stereocenters. The van der Waals surface area contributed by atoms with Gasteiger partial charge < -0.3 is 4.90 Å². The normalized spacial score (nSPS) is 23.4. The quantitative estimate of drug-likeness (QED) is 0.829. The predicted octanol–water partition coefficient (Wildman–Crippen LogP) is 3.13. The van der Waals surface area contributed by atoms with Gasteiger partial charge in [-0.2, -0.15) is 0 Å². The molecule has 0 saturated heterocycles. The van der Waals surface area contributed by atoms with Crippen molar-refractivity contribution < 1.29 is 4.79 Å². The first kappa shape index (κ1) is 14.0. The van der Waals surface area contributed by atoms with Crippen molar-refractivity contribution in [3.8, 4) is 0 Å². The average Bonchev–Trinajstić information content (AvgIpc) is 2.51. The van der Waals surface area contributed by atoms with Crippen LogP contribution in [-0.2, 0) is 6.42 Å². The molecule has 0 amide bonds. The number of hydrogen-bond acceptors (Lipinski definition) is 3. The third-order valence-corrected chi connectivity index (χ3v) is 4.08. The minimum absolute atomic E-state index is 0. The largest absolute Gasteiger partial charge is 0.308 e. The average molecular weight is 280 g/mol. The minimum atomic E-state index is -0.255. The molecule has 0 aliphatic heterocycles. The lowest BCUT2D eigenvalue weighted by atomic mass is 9.86. The monoisotopic (exact) mass is 279 g/mol. The summed E-state index contributed by atoms with van der Waals surface area (Å²) in [6.07, 6.45) is 0.822. The Kier molecular flexibility index (Phi) is 4.06. The highest BCUT2D eigenvalue weighted by Gasteiger charge is 2.43. The van der Waals surface area contributed by atoms with Crippen LogP contribution in [0.5, 0.6) is 0 Å². The van der Waals surface area contributed by atoms with Crippen LogP contribution in [0.2, 0.25) is 4.34 Å². The number of carbonyl (C=O) groups excluding carboxylic acids is 1. The second kappa shape index (κ2) is 4.65. The molecule has 0 radical (unpaired) electrons. The Morgan fingerprint density at radius 2 is 2.19 bits per heavy atom. The van der Waals surface area contributed by atoms with Crippen molar-refractivity contribution in [2.24, 2.45) is 5.41 Å². The molecule has 1 unspecified atom stereocenters. The van der Waals surface area contributed by atoms with E-state index in [1.807, 2.05) is 27.1 Å². The van der Waals surface area contributed by atoms with Gasteiger partial charge in [-0.3, -0.25) is 4.79 Å². The van der Waals surface area contributed by atoms with Crippen LogP contribution in [0.15, 0.2) is 6.07 Å². The molecule has 0 spiro atoms. The summed E-state index contributed by atoms with van der Waals surface area (Å²) in [6, 6.07) is 1.93. The van der Waals surface area contributed by atoms with Crippen LogP contribution in [0.4, 0.5) is 0 Å². The van der Waals surface area contributed by atoms with Crippen LogP contribution in [-0.4, -0.2) is 31.3 Å². The first-order valence-corrected chi connectivity index (χ1v) is 6.09. The summed E-state index contributed by atoms with van der Waals surface area (Å²) in [5.74, 6) is 0.253. The van der Waals surface area contributed by atoms with Gasteiger partial charge >= 0.3 is 0 Å². The first-order chi connectivity index (χ1) is 6.92. The lowest BCUT2D eigenvalue weighted by Gasteiger charge is -2.25. The molecule has 1 aliphatic carbocycles. The molecular formula is C11H15Cl2NOS. The lowest BCUT2D eigenvalue weighted by molar-refractivity contribution is 0.0802. The number of ketones is 1. The van der Waals surface area contributed by atoms with Crippen molar-refractivity contribution in [2.45, 2.75) is 13.3 Å². The number of carbonyl (C=O) groups is 1. The summed E-state index contributed by atoms with van der Waals surface area (Å²) in [7, 11) is 4.00. The topological polar surface area (TPSA) is 20.3 Å². The summed E-state index contributed by atoms with van der Waals surface area (Å²) in [4.78, 5) is 15.1. The Morgan fingerprint density at radius 1 is 1.56 bits per heavy atom. The Morgan fingerprint density at radius 3 is 2.69 bits per heavy atom. The van der Waals surface area contributed by atoms with E-state index in [-0.39, 0.29) is 23.6 Å². The number of fused-ring (bicyclic) bond motifs is 1. The van der Waals surface area contributed by atoms with Gasteiger partial charge in [-0.25, -0.2) is 0 Å². The van der Waals surface area contributed by atoms with Crippen molar-refractivity contribution in [1.82, 2.24) is 4.90 Å². The molecule has 1 aliphatic rings. The van der Waals surface area contributed by atoms with E-state index in [4.69, 9.17) is 11.6 Å². The number of halogens is 2. The number of Topliss-reactive ketones (excluding diaryl/α,β-unsaturated/α-hetero) is 1. The van der Waals surface area contributed by atoms with E-state index >= 15 is 0 Å². The van der Waals surface area contributed by atoms with Crippen LogP contribution in [0.3, 0.4) is 0 Å². The predicted molar refractivity (Wildman–Crippen MR) is 71.3 cm³/mol. The summed E-state index contributed by atoms with van der Waals surface area (Å²) in [6.45, 7) is 2.83. The summed E-state index contributed by atoms with van der Waals surface area (Å²) >= 11 is 7.31. The molecule has 0 fully saturated rings. The number of hydrogen-bond donors (Lipinski definition) is 0. The highest BCUT2D eigenvalue weighted by molar-refractivity contribution is 7.18. The van der Waals surface area contributed by atoms with E-state index in [9.17, 15) is 4.79 Å². The van der Waals surface area contributed by atoms with Gasteiger partial charge in [-0.15, -0.1) is 23.7 Å². The SMILES string of the molecule is CN(C)CC1(C)Cc2cc(Cl)sc2C1=O.Cl. The zero-order valence-electron chi connectivity index (χ0n) is 9.54. The molecule has 16 heavy (non-hydrogen) atoms. The van der Waals surface area contributed by atoms with Gasteiger partial charge in [-0.1, -0.05) is 18.5 Å². The number of rotatable bonds is 2. The number of nitrogens with zero attached hydrogens (tertiary/aromatic N) is 1. The Balaban J connectivity index is 0.00000128. The van der Waals surface area contributed by atoms with Crippen LogP contribution in [0.25, 0.3) is 0 Å². The molecule has 90 valence electrons. The Labute approximate surface area is 111 Å². The van der Waals surface area contributed by atoms with Crippen LogP contribution >= 0.6 is 35.3 Å². The van der Waals surface area contributed by atoms with Crippen molar-refractivity contribution in [2.75, 3.05) is 20.6 Å². The zero-order chi connectivity index (χ0) is 11.2. The molecule has 1 aromatic rings. The highest BCUT2D eigenvalue weighted by atomic mass is 35.5.